The lowest BCUT2D eigenvalue weighted by molar-refractivity contribution is 0.0468. The minimum Gasteiger partial charge on any atom is -0.453 e. The van der Waals surface area contributed by atoms with Crippen molar-refractivity contribution in [2.75, 3.05) is 20.3 Å². The Bertz CT molecular complexity index is 876. The molecule has 0 bridgehead atoms. The highest BCUT2D eigenvalue weighted by Gasteiger charge is 2.23. The molecule has 2 aromatic heterocycles. The first-order chi connectivity index (χ1) is 13.1. The van der Waals surface area contributed by atoms with Crippen LogP contribution in [0.25, 0.3) is 0 Å². The number of carbonyl (C=O) groups is 2. The number of methoxy groups -OCH3 is 1. The van der Waals surface area contributed by atoms with Gasteiger partial charge in [-0.2, -0.15) is 0 Å². The lowest BCUT2D eigenvalue weighted by Crippen LogP contribution is -2.17. The Morgan fingerprint density at radius 3 is 2.39 bits per heavy atom. The second kappa shape index (κ2) is 8.75. The molecular formula is C21H30N2O5. The second-order valence-corrected chi connectivity index (χ2v) is 7.30. The number of carbonyl (C=O) groups excluding carboxylic acids is 2. The minimum absolute atomic E-state index is 0.0949. The van der Waals surface area contributed by atoms with Gasteiger partial charge in [-0.1, -0.05) is 0 Å². The zero-order valence-corrected chi connectivity index (χ0v) is 17.7. The molecule has 0 unspecified atom stereocenters. The molecule has 154 valence electrons. The van der Waals surface area contributed by atoms with Gasteiger partial charge in [0, 0.05) is 35.3 Å². The summed E-state index contributed by atoms with van der Waals surface area (Å²) in [5, 5.41) is 9.85. The summed E-state index contributed by atoms with van der Waals surface area (Å²) in [4.78, 5) is 28.0. The van der Waals surface area contributed by atoms with E-state index in [1.165, 1.54) is 0 Å². The van der Waals surface area contributed by atoms with Crippen LogP contribution in [0.2, 0.25) is 0 Å². The molecule has 2 N–H and O–H groups in total. The van der Waals surface area contributed by atoms with E-state index in [4.69, 9.17) is 9.47 Å². The number of nitrogens with one attached hydrogen (secondary N) is 1. The number of Topliss-reactive ketones (excluding diaryl/α,β-unsaturated/α-hetero) is 1. The summed E-state index contributed by atoms with van der Waals surface area (Å²) in [6.45, 7) is 11.2. The monoisotopic (exact) mass is 390 g/mol. The third-order valence-corrected chi connectivity index (χ3v) is 5.09. The predicted octanol–water partition coefficient (Wildman–Crippen LogP) is 3.35. The number of H-pyrrole nitrogens is 1. The molecule has 0 aliphatic rings. The standard InChI is InChI=1S/C21H30N2O5/c1-11-8-17(15(5)23(11)12(2)9-27-7)18(25)10-28-21(26)20-13(3)19(16(6)24)14(4)22-20/h8,12,16,22,24H,9-10H2,1-7H3/t12-,16+/m0/s1. The third-order valence-electron chi connectivity index (χ3n) is 5.09. The van der Waals surface area contributed by atoms with Gasteiger partial charge in [0.1, 0.15) is 5.69 Å². The van der Waals surface area contributed by atoms with E-state index in [-0.39, 0.29) is 24.1 Å². The molecule has 0 amide bonds. The highest BCUT2D eigenvalue weighted by molar-refractivity contribution is 6.00. The van der Waals surface area contributed by atoms with Crippen molar-refractivity contribution in [3.63, 3.8) is 0 Å². The number of ketones is 1. The van der Waals surface area contributed by atoms with Gasteiger partial charge in [0.25, 0.3) is 0 Å². The van der Waals surface area contributed by atoms with Crippen molar-refractivity contribution in [3.05, 3.63) is 45.5 Å². The van der Waals surface area contributed by atoms with Crippen LogP contribution in [0, 0.1) is 27.7 Å². The van der Waals surface area contributed by atoms with E-state index in [1.807, 2.05) is 31.4 Å². The highest BCUT2D eigenvalue weighted by Crippen LogP contribution is 2.25. The van der Waals surface area contributed by atoms with Crippen LogP contribution in [0.3, 0.4) is 0 Å². The summed E-state index contributed by atoms with van der Waals surface area (Å²) >= 11 is 0. The van der Waals surface area contributed by atoms with Gasteiger partial charge in [-0.05, 0) is 53.2 Å². The third kappa shape index (κ3) is 4.20. The Morgan fingerprint density at radius 2 is 1.86 bits per heavy atom. The normalized spacial score (nSPS) is 13.4. The maximum absolute atomic E-state index is 12.6. The lowest BCUT2D eigenvalue weighted by atomic mass is 10.1. The molecule has 7 heteroatoms. The fraction of sp³-hybridized carbons (Fsp3) is 0.524. The molecule has 0 aliphatic heterocycles. The first kappa shape index (κ1) is 21.9. The van der Waals surface area contributed by atoms with Crippen LogP contribution in [0.15, 0.2) is 6.07 Å². The Hall–Kier alpha value is -2.38. The highest BCUT2D eigenvalue weighted by atomic mass is 16.5. The van der Waals surface area contributed by atoms with Crippen LogP contribution < -0.4 is 0 Å². The summed E-state index contributed by atoms with van der Waals surface area (Å²) in [5.74, 6) is -0.864. The second-order valence-electron chi connectivity index (χ2n) is 7.30. The Kier molecular flexibility index (Phi) is 6.85. The number of aliphatic hydroxyl groups is 1. The van der Waals surface area contributed by atoms with Crippen LogP contribution >= 0.6 is 0 Å². The zero-order valence-electron chi connectivity index (χ0n) is 17.7. The zero-order chi connectivity index (χ0) is 21.2. The van der Waals surface area contributed by atoms with Crippen LogP contribution in [0.1, 0.15) is 75.0 Å². The number of aromatic nitrogens is 2. The molecule has 2 heterocycles. The number of hydrogen-bond acceptors (Lipinski definition) is 5. The van der Waals surface area contributed by atoms with Crippen molar-refractivity contribution in [2.24, 2.45) is 0 Å². The molecule has 0 saturated carbocycles. The molecular weight excluding hydrogens is 360 g/mol. The molecule has 0 fully saturated rings. The van der Waals surface area contributed by atoms with Gasteiger partial charge in [0.15, 0.2) is 6.61 Å². The molecule has 2 rings (SSSR count). The van der Waals surface area contributed by atoms with E-state index in [9.17, 15) is 14.7 Å². The van der Waals surface area contributed by atoms with Crippen LogP contribution in [-0.2, 0) is 9.47 Å². The maximum Gasteiger partial charge on any atom is 0.355 e. The molecule has 28 heavy (non-hydrogen) atoms. The fourth-order valence-corrected chi connectivity index (χ4v) is 3.93. The van der Waals surface area contributed by atoms with Gasteiger partial charge < -0.3 is 24.1 Å². The summed E-state index contributed by atoms with van der Waals surface area (Å²) in [7, 11) is 1.64. The first-order valence-electron chi connectivity index (χ1n) is 9.34. The number of ether oxygens (including phenoxy) is 2. The Morgan fingerprint density at radius 1 is 1.21 bits per heavy atom. The van der Waals surface area contributed by atoms with Crippen LogP contribution in [0.5, 0.6) is 0 Å². The number of nitrogens with zero attached hydrogens (tertiary/aromatic N) is 1. The largest absolute Gasteiger partial charge is 0.453 e. The molecule has 0 spiro atoms. The van der Waals surface area contributed by atoms with E-state index < -0.39 is 12.1 Å². The summed E-state index contributed by atoms with van der Waals surface area (Å²) in [6.07, 6.45) is -0.695. The van der Waals surface area contributed by atoms with Gasteiger partial charge in [-0.15, -0.1) is 0 Å². The smallest absolute Gasteiger partial charge is 0.355 e. The molecule has 0 saturated heterocycles. The quantitative estimate of drug-likeness (QED) is 0.533. The fourth-order valence-electron chi connectivity index (χ4n) is 3.93. The molecule has 0 radical (unpaired) electrons. The summed E-state index contributed by atoms with van der Waals surface area (Å²) in [5.41, 5.74) is 4.60. The first-order valence-corrected chi connectivity index (χ1v) is 9.34. The average Bonchev–Trinajstić information content (AvgIpc) is 3.08. The summed E-state index contributed by atoms with van der Waals surface area (Å²) in [6, 6.07) is 1.91. The van der Waals surface area contributed by atoms with E-state index in [0.29, 0.717) is 29.0 Å². The van der Waals surface area contributed by atoms with Crippen molar-refractivity contribution in [2.45, 2.75) is 53.7 Å². The van der Waals surface area contributed by atoms with Crippen molar-refractivity contribution in [3.8, 4) is 0 Å². The van der Waals surface area contributed by atoms with E-state index >= 15 is 0 Å². The van der Waals surface area contributed by atoms with Crippen molar-refractivity contribution in [1.82, 2.24) is 9.55 Å². The van der Waals surface area contributed by atoms with Crippen molar-refractivity contribution in [1.29, 1.82) is 0 Å². The van der Waals surface area contributed by atoms with Gasteiger partial charge in [0.2, 0.25) is 5.78 Å². The van der Waals surface area contributed by atoms with Gasteiger partial charge in [0.05, 0.1) is 18.8 Å². The van der Waals surface area contributed by atoms with E-state index in [1.54, 1.807) is 27.9 Å². The topological polar surface area (TPSA) is 93.5 Å². The SMILES string of the molecule is COC[C@H](C)n1c(C)cc(C(=O)COC(=O)c2[nH]c(C)c([C@@H](C)O)c2C)c1C. The van der Waals surface area contributed by atoms with Crippen molar-refractivity contribution < 1.29 is 24.2 Å². The number of aliphatic hydroxyl groups excluding tert-OH is 1. The molecule has 7 nitrogen and oxygen atoms in total. The number of hydrogen-bond donors (Lipinski definition) is 2. The maximum atomic E-state index is 12.6. The molecule has 0 aromatic carbocycles. The minimum atomic E-state index is -0.695. The van der Waals surface area contributed by atoms with E-state index in [0.717, 1.165) is 11.4 Å². The number of rotatable bonds is 8. The van der Waals surface area contributed by atoms with Gasteiger partial charge >= 0.3 is 5.97 Å². The predicted molar refractivity (Wildman–Crippen MR) is 106 cm³/mol. The van der Waals surface area contributed by atoms with Crippen molar-refractivity contribution >= 4 is 11.8 Å². The number of aromatic amines is 1. The average molecular weight is 390 g/mol. The van der Waals surface area contributed by atoms with Gasteiger partial charge in [-0.3, -0.25) is 4.79 Å². The Balaban J connectivity index is 2.14. The molecule has 2 atom stereocenters. The molecule has 0 aliphatic carbocycles. The number of aryl methyl sites for hydroxylation is 2. The molecule has 2 aromatic rings. The van der Waals surface area contributed by atoms with Crippen LogP contribution in [-0.4, -0.2) is 46.7 Å². The van der Waals surface area contributed by atoms with Gasteiger partial charge in [-0.25, -0.2) is 4.79 Å². The van der Waals surface area contributed by atoms with Crippen LogP contribution in [0.4, 0.5) is 0 Å². The van der Waals surface area contributed by atoms with E-state index in [2.05, 4.69) is 4.98 Å². The lowest BCUT2D eigenvalue weighted by Gasteiger charge is -2.17. The summed E-state index contributed by atoms with van der Waals surface area (Å²) < 4.78 is 12.5. The number of esters is 1. The Labute approximate surface area is 165 Å².